The van der Waals surface area contributed by atoms with Crippen LogP contribution in [-0.4, -0.2) is 82.3 Å². The zero-order valence-corrected chi connectivity index (χ0v) is 26.5. The summed E-state index contributed by atoms with van der Waals surface area (Å²) in [6.45, 7) is 6.74. The van der Waals surface area contributed by atoms with Crippen molar-refractivity contribution in [2.75, 3.05) is 43.0 Å². The molecule has 0 radical (unpaired) electrons. The number of alkyl halides is 1. The van der Waals surface area contributed by atoms with Gasteiger partial charge < -0.3 is 19.6 Å². The highest BCUT2D eigenvalue weighted by Gasteiger charge is 2.53. The molecule has 3 fully saturated rings. The van der Waals surface area contributed by atoms with Gasteiger partial charge in [-0.1, -0.05) is 30.3 Å². The Balaban J connectivity index is 1.33. The number of aromatic nitrogens is 2. The van der Waals surface area contributed by atoms with Crippen LogP contribution in [0.2, 0.25) is 0 Å². The summed E-state index contributed by atoms with van der Waals surface area (Å²) in [5.74, 6) is 0.0910. The predicted octanol–water partition coefficient (Wildman–Crippen LogP) is 4.18. The van der Waals surface area contributed by atoms with Crippen LogP contribution in [0.25, 0.3) is 10.8 Å². The molecule has 1 unspecified atom stereocenters. The summed E-state index contributed by atoms with van der Waals surface area (Å²) in [5.41, 5.74) is 4.27. The molecule has 7 rings (SSSR count). The first-order valence-corrected chi connectivity index (χ1v) is 16.4. The number of fused-ring (bicyclic) bond motifs is 2. The summed E-state index contributed by atoms with van der Waals surface area (Å²) < 4.78 is 16.0. The first kappa shape index (κ1) is 29.7. The van der Waals surface area contributed by atoms with Crippen LogP contribution in [0.3, 0.4) is 0 Å². The second-order valence-corrected chi connectivity index (χ2v) is 13.6. The molecule has 0 N–H and O–H groups in total. The van der Waals surface area contributed by atoms with Gasteiger partial charge in [0.05, 0.1) is 25.1 Å². The number of piperazine rings is 1. The fourth-order valence-electron chi connectivity index (χ4n) is 8.11. The summed E-state index contributed by atoms with van der Waals surface area (Å²) in [4.78, 5) is 39.9. The summed E-state index contributed by atoms with van der Waals surface area (Å²) >= 11 is 0. The molecule has 3 aromatic rings. The van der Waals surface area contributed by atoms with Gasteiger partial charge in [-0.2, -0.15) is 10.2 Å². The molecule has 2 saturated heterocycles. The second-order valence-electron chi connectivity index (χ2n) is 13.6. The Hall–Kier alpha value is -3.97. The maximum absolute atomic E-state index is 14.1. The number of likely N-dealkylation sites (tertiary alicyclic amines) is 1. The number of anilines is 2. The molecular formula is C35H42FN7O2. The quantitative estimate of drug-likeness (QED) is 0.413. The number of likely N-dealkylation sites (N-methyl/N-ethyl adjacent to an activating group) is 1. The Kier molecular flexibility index (Phi) is 7.55. The van der Waals surface area contributed by atoms with Gasteiger partial charge in [-0.3, -0.25) is 9.36 Å². The Labute approximate surface area is 263 Å². The lowest BCUT2D eigenvalue weighted by Crippen LogP contribution is -2.57. The lowest BCUT2D eigenvalue weighted by molar-refractivity contribution is -0.138. The molecule has 236 valence electrons. The van der Waals surface area contributed by atoms with Crippen molar-refractivity contribution < 1.29 is 9.18 Å². The van der Waals surface area contributed by atoms with Crippen molar-refractivity contribution in [2.24, 2.45) is 0 Å². The number of hydrogen-bond acceptors (Lipinski definition) is 7. The van der Waals surface area contributed by atoms with Crippen molar-refractivity contribution in [3.63, 3.8) is 0 Å². The zero-order chi connectivity index (χ0) is 31.5. The van der Waals surface area contributed by atoms with Gasteiger partial charge in [-0.25, -0.2) is 9.18 Å². The Morgan fingerprint density at radius 3 is 2.62 bits per heavy atom. The van der Waals surface area contributed by atoms with Gasteiger partial charge in [0.1, 0.15) is 5.82 Å². The highest BCUT2D eigenvalue weighted by Crippen LogP contribution is 2.53. The van der Waals surface area contributed by atoms with Crippen molar-refractivity contribution in [2.45, 2.75) is 89.3 Å². The maximum atomic E-state index is 14.1. The molecule has 1 aromatic heterocycles. The van der Waals surface area contributed by atoms with Crippen molar-refractivity contribution in [3.05, 3.63) is 63.7 Å². The molecule has 0 bridgehead atoms. The summed E-state index contributed by atoms with van der Waals surface area (Å²) in [6, 6.07) is 15.0. The largest absolute Gasteiger partial charge is 0.359 e. The van der Waals surface area contributed by atoms with Crippen LogP contribution < -0.4 is 15.5 Å². The molecule has 4 aliphatic rings. The van der Waals surface area contributed by atoms with Crippen LogP contribution in [0.15, 0.2) is 41.2 Å². The highest BCUT2D eigenvalue weighted by molar-refractivity contribution is 5.97. The number of hydrogen-bond donors (Lipinski definition) is 0. The zero-order valence-electron chi connectivity index (χ0n) is 26.5. The summed E-state index contributed by atoms with van der Waals surface area (Å²) in [5, 5.41) is 12.0. The molecule has 9 nitrogen and oxygen atoms in total. The van der Waals surface area contributed by atoms with E-state index < -0.39 is 18.1 Å². The SMILES string of the molecule is Cc1cccc2cccc(N3Cc4c(c(N5CCN(C(=O)C(C)F)[C@@H](CC#N)C5)nc(=O)n4C[C@@H]4CCCN4C)CC34CC4)c12. The third-order valence-electron chi connectivity index (χ3n) is 10.8. The second kappa shape index (κ2) is 11.4. The van der Waals surface area contributed by atoms with E-state index in [0.29, 0.717) is 38.5 Å². The number of benzene rings is 2. The molecular weight excluding hydrogens is 569 g/mol. The molecule has 4 heterocycles. The van der Waals surface area contributed by atoms with Crippen LogP contribution in [0.5, 0.6) is 0 Å². The number of halogens is 1. The van der Waals surface area contributed by atoms with E-state index in [1.54, 1.807) is 0 Å². The standard InChI is InChI=1S/C35H42FN7O2/c1-23-7-4-8-25-9-5-11-29(31(23)25)43-22-30-28(19-35(43)13-14-35)32(38-34(45)42(30)21-26-10-6-16-39(26)3)40-17-18-41(33(44)24(2)36)27(20-40)12-15-37/h4-5,7-9,11,24,26-27H,6,10,12-14,16-22H2,1-3H3/t24?,26-,27-/m0/s1. The smallest absolute Gasteiger partial charge is 0.349 e. The predicted molar refractivity (Wildman–Crippen MR) is 173 cm³/mol. The van der Waals surface area contributed by atoms with Crippen LogP contribution in [0, 0.1) is 18.3 Å². The number of carbonyl (C=O) groups is 1. The maximum Gasteiger partial charge on any atom is 0.349 e. The van der Waals surface area contributed by atoms with Crippen molar-refractivity contribution in [3.8, 4) is 6.07 Å². The van der Waals surface area contributed by atoms with Crippen LogP contribution >= 0.6 is 0 Å². The number of nitriles is 1. The molecule has 10 heteroatoms. The summed E-state index contributed by atoms with van der Waals surface area (Å²) in [6.07, 6.45) is 3.54. The van der Waals surface area contributed by atoms with Gasteiger partial charge in [-0.15, -0.1) is 0 Å². The number of carbonyl (C=O) groups excluding carboxylic acids is 1. The third-order valence-corrected chi connectivity index (χ3v) is 10.8. The van der Waals surface area contributed by atoms with E-state index in [-0.39, 0.29) is 23.7 Å². The number of amides is 1. The topological polar surface area (TPSA) is 88.7 Å². The molecule has 3 aliphatic heterocycles. The lowest BCUT2D eigenvalue weighted by atomic mass is 9.92. The fraction of sp³-hybridized carbons (Fsp3) is 0.543. The van der Waals surface area contributed by atoms with E-state index in [2.05, 4.69) is 71.1 Å². The van der Waals surface area contributed by atoms with Crippen molar-refractivity contribution >= 4 is 28.2 Å². The van der Waals surface area contributed by atoms with Gasteiger partial charge in [0.15, 0.2) is 6.17 Å². The fourth-order valence-corrected chi connectivity index (χ4v) is 8.11. The van der Waals surface area contributed by atoms with E-state index in [1.807, 2.05) is 4.57 Å². The van der Waals surface area contributed by atoms with E-state index >= 15 is 0 Å². The first-order valence-electron chi connectivity index (χ1n) is 16.4. The minimum absolute atomic E-state index is 0.0557. The number of rotatable bonds is 6. The molecule has 1 saturated carbocycles. The number of aryl methyl sites for hydroxylation is 1. The van der Waals surface area contributed by atoms with Gasteiger partial charge >= 0.3 is 5.69 Å². The van der Waals surface area contributed by atoms with Gasteiger partial charge in [-0.05, 0) is 70.1 Å². The average molecular weight is 612 g/mol. The molecule has 1 spiro atoms. The third kappa shape index (κ3) is 5.15. The molecule has 1 aliphatic carbocycles. The van der Waals surface area contributed by atoms with Gasteiger partial charge in [0, 0.05) is 66.5 Å². The molecule has 45 heavy (non-hydrogen) atoms. The van der Waals surface area contributed by atoms with Crippen LogP contribution in [0.1, 0.15) is 55.8 Å². The van der Waals surface area contributed by atoms with Gasteiger partial charge in [0.25, 0.3) is 5.91 Å². The Morgan fingerprint density at radius 2 is 1.93 bits per heavy atom. The van der Waals surface area contributed by atoms with Gasteiger partial charge in [0.2, 0.25) is 0 Å². The van der Waals surface area contributed by atoms with E-state index in [4.69, 9.17) is 4.98 Å². The summed E-state index contributed by atoms with van der Waals surface area (Å²) in [7, 11) is 2.13. The van der Waals surface area contributed by atoms with E-state index in [9.17, 15) is 19.2 Å². The van der Waals surface area contributed by atoms with Crippen LogP contribution in [0.4, 0.5) is 15.9 Å². The van der Waals surface area contributed by atoms with E-state index in [0.717, 1.165) is 49.9 Å². The van der Waals surface area contributed by atoms with E-state index in [1.165, 1.54) is 33.8 Å². The average Bonchev–Trinajstić information content (AvgIpc) is 3.67. The Bertz CT molecular complexity index is 1740. The normalized spacial score (nSPS) is 23.3. The minimum Gasteiger partial charge on any atom is -0.359 e. The van der Waals surface area contributed by atoms with Crippen LogP contribution in [-0.2, 0) is 24.3 Å². The van der Waals surface area contributed by atoms with Crippen molar-refractivity contribution in [1.82, 2.24) is 19.4 Å². The molecule has 1 amide bonds. The lowest BCUT2D eigenvalue weighted by Gasteiger charge is -2.45. The highest BCUT2D eigenvalue weighted by atomic mass is 19.1. The Morgan fingerprint density at radius 1 is 1.16 bits per heavy atom. The minimum atomic E-state index is -1.63. The van der Waals surface area contributed by atoms with Crippen molar-refractivity contribution in [1.29, 1.82) is 5.26 Å². The first-order chi connectivity index (χ1) is 21.7. The molecule has 3 atom stereocenters. The monoisotopic (exact) mass is 611 g/mol. The molecule has 2 aromatic carbocycles. The number of nitrogens with zero attached hydrogens (tertiary/aromatic N) is 7.